The summed E-state index contributed by atoms with van der Waals surface area (Å²) < 4.78 is 21.5. The molecule has 0 aliphatic heterocycles. The smallest absolute Gasteiger partial charge is 0.251 e. The van der Waals surface area contributed by atoms with Crippen molar-refractivity contribution < 1.29 is 13.9 Å². The topological polar surface area (TPSA) is 69.0 Å². The van der Waals surface area contributed by atoms with Crippen LogP contribution in [0.2, 0.25) is 0 Å². The van der Waals surface area contributed by atoms with Crippen LogP contribution in [0.1, 0.15) is 21.5 Å². The number of para-hydroxylation sites is 1. The van der Waals surface area contributed by atoms with Crippen molar-refractivity contribution in [2.75, 3.05) is 20.3 Å². The minimum absolute atomic E-state index is 0.140. The highest BCUT2D eigenvalue weighted by atomic mass is 32.2. The third-order valence-corrected chi connectivity index (χ3v) is 6.21. The zero-order valence-electron chi connectivity index (χ0n) is 19.0. The van der Waals surface area contributed by atoms with Crippen molar-refractivity contribution in [3.63, 3.8) is 0 Å². The fraction of sp³-hybridized carbons (Fsp3) is 0.192. The molecule has 6 nitrogen and oxygen atoms in total. The van der Waals surface area contributed by atoms with E-state index >= 15 is 0 Å². The lowest BCUT2D eigenvalue weighted by Crippen LogP contribution is -2.26. The number of aryl methyl sites for hydroxylation is 1. The highest BCUT2D eigenvalue weighted by molar-refractivity contribution is 7.98. The first-order chi connectivity index (χ1) is 16.6. The van der Waals surface area contributed by atoms with Gasteiger partial charge in [0.1, 0.15) is 5.82 Å². The van der Waals surface area contributed by atoms with Gasteiger partial charge in [0.2, 0.25) is 0 Å². The van der Waals surface area contributed by atoms with E-state index < -0.39 is 0 Å². The Bertz CT molecular complexity index is 1260. The largest absolute Gasteiger partial charge is 0.383 e. The van der Waals surface area contributed by atoms with E-state index in [0.717, 1.165) is 16.7 Å². The van der Waals surface area contributed by atoms with Crippen LogP contribution in [0, 0.1) is 12.7 Å². The molecule has 0 fully saturated rings. The van der Waals surface area contributed by atoms with Crippen LogP contribution in [0.3, 0.4) is 0 Å². The molecule has 4 aromatic rings. The number of benzene rings is 3. The van der Waals surface area contributed by atoms with Gasteiger partial charge in [-0.15, -0.1) is 10.2 Å². The van der Waals surface area contributed by atoms with Gasteiger partial charge in [0.05, 0.1) is 12.3 Å². The van der Waals surface area contributed by atoms with Crippen LogP contribution >= 0.6 is 11.8 Å². The second-order valence-electron chi connectivity index (χ2n) is 7.69. The predicted molar refractivity (Wildman–Crippen MR) is 132 cm³/mol. The molecule has 0 saturated carbocycles. The number of carbonyl (C=O) groups excluding carboxylic acids is 1. The first-order valence-electron chi connectivity index (χ1n) is 10.8. The van der Waals surface area contributed by atoms with E-state index in [9.17, 15) is 9.18 Å². The molecule has 3 aromatic carbocycles. The molecular weight excluding hydrogens is 451 g/mol. The summed E-state index contributed by atoms with van der Waals surface area (Å²) >= 11 is 1.46. The van der Waals surface area contributed by atoms with Gasteiger partial charge in [-0.1, -0.05) is 65.9 Å². The molecule has 8 heteroatoms. The maximum atomic E-state index is 14.8. The van der Waals surface area contributed by atoms with Crippen molar-refractivity contribution in [2.24, 2.45) is 0 Å². The number of rotatable bonds is 9. The molecule has 1 aromatic heterocycles. The van der Waals surface area contributed by atoms with Crippen LogP contribution in [-0.2, 0) is 10.5 Å². The minimum Gasteiger partial charge on any atom is -0.383 e. The molecule has 1 heterocycles. The Kier molecular flexibility index (Phi) is 7.72. The SMILES string of the molecule is COCCNC(=O)c1ccc(CSc2nnc(-c3ccc(C)cc3)n2-c2ccccc2F)cc1. The second kappa shape index (κ2) is 11.1. The molecule has 0 spiro atoms. The molecular formula is C26H25FN4O2S. The predicted octanol–water partition coefficient (Wildman–Crippen LogP) is 5.05. The summed E-state index contributed by atoms with van der Waals surface area (Å²) in [7, 11) is 1.59. The van der Waals surface area contributed by atoms with Gasteiger partial charge >= 0.3 is 0 Å². The van der Waals surface area contributed by atoms with E-state index in [1.807, 2.05) is 43.3 Å². The van der Waals surface area contributed by atoms with Gasteiger partial charge in [-0.25, -0.2) is 4.39 Å². The Morgan fingerprint density at radius 3 is 2.47 bits per heavy atom. The maximum Gasteiger partial charge on any atom is 0.251 e. The fourth-order valence-corrected chi connectivity index (χ4v) is 4.27. The van der Waals surface area contributed by atoms with Crippen LogP contribution in [0.5, 0.6) is 0 Å². The molecule has 0 radical (unpaired) electrons. The van der Waals surface area contributed by atoms with Crippen LogP contribution in [0.15, 0.2) is 78.0 Å². The number of thioether (sulfide) groups is 1. The third kappa shape index (κ3) is 5.52. The Hall–Kier alpha value is -3.49. The van der Waals surface area contributed by atoms with Crippen molar-refractivity contribution in [3.05, 3.63) is 95.3 Å². The van der Waals surface area contributed by atoms with Gasteiger partial charge in [-0.2, -0.15) is 0 Å². The van der Waals surface area contributed by atoms with Crippen molar-refractivity contribution in [1.29, 1.82) is 0 Å². The zero-order valence-corrected chi connectivity index (χ0v) is 19.8. The lowest BCUT2D eigenvalue weighted by Gasteiger charge is -2.11. The fourth-order valence-electron chi connectivity index (χ4n) is 3.37. The Morgan fingerprint density at radius 2 is 1.76 bits per heavy atom. The summed E-state index contributed by atoms with van der Waals surface area (Å²) in [6, 6.07) is 21.9. The summed E-state index contributed by atoms with van der Waals surface area (Å²) in [5.74, 6) is 0.682. The second-order valence-corrected chi connectivity index (χ2v) is 8.64. The highest BCUT2D eigenvalue weighted by Crippen LogP contribution is 2.31. The van der Waals surface area contributed by atoms with Crippen LogP contribution < -0.4 is 5.32 Å². The van der Waals surface area contributed by atoms with Crippen molar-refractivity contribution in [1.82, 2.24) is 20.1 Å². The van der Waals surface area contributed by atoms with Crippen molar-refractivity contribution in [3.8, 4) is 17.1 Å². The first-order valence-corrected chi connectivity index (χ1v) is 11.8. The summed E-state index contributed by atoms with van der Waals surface area (Å²) in [6.07, 6.45) is 0. The molecule has 34 heavy (non-hydrogen) atoms. The Labute approximate surface area is 202 Å². The molecule has 0 atom stereocenters. The maximum absolute atomic E-state index is 14.8. The molecule has 1 N–H and O–H groups in total. The van der Waals surface area contributed by atoms with Crippen LogP contribution in [0.4, 0.5) is 4.39 Å². The number of carbonyl (C=O) groups is 1. The zero-order chi connectivity index (χ0) is 23.9. The number of nitrogens with zero attached hydrogens (tertiary/aromatic N) is 3. The summed E-state index contributed by atoms with van der Waals surface area (Å²) in [6.45, 7) is 2.94. The number of aromatic nitrogens is 3. The van der Waals surface area contributed by atoms with Gasteiger partial charge in [-0.05, 0) is 36.8 Å². The van der Waals surface area contributed by atoms with Gasteiger partial charge in [-0.3, -0.25) is 9.36 Å². The standard InChI is InChI=1S/C26H25FN4O2S/c1-18-7-11-20(12-8-18)24-29-30-26(31(24)23-6-4-3-5-22(23)27)34-17-19-9-13-21(14-10-19)25(32)28-15-16-33-2/h3-14H,15-17H2,1-2H3,(H,28,32). The lowest BCUT2D eigenvalue weighted by atomic mass is 10.1. The quantitative estimate of drug-likeness (QED) is 0.270. The Morgan fingerprint density at radius 1 is 1.03 bits per heavy atom. The molecule has 0 saturated heterocycles. The number of hydrogen-bond donors (Lipinski definition) is 1. The van der Waals surface area contributed by atoms with E-state index in [0.29, 0.717) is 41.1 Å². The Balaban J connectivity index is 1.56. The molecule has 0 bridgehead atoms. The van der Waals surface area contributed by atoms with Gasteiger partial charge in [0, 0.05) is 30.5 Å². The summed E-state index contributed by atoms with van der Waals surface area (Å²) in [4.78, 5) is 12.2. The summed E-state index contributed by atoms with van der Waals surface area (Å²) in [5.41, 5.74) is 3.98. The molecule has 1 amide bonds. The van der Waals surface area contributed by atoms with E-state index in [1.54, 1.807) is 42.0 Å². The van der Waals surface area contributed by atoms with E-state index in [2.05, 4.69) is 15.5 Å². The molecule has 0 aliphatic carbocycles. The molecule has 174 valence electrons. The number of methoxy groups -OCH3 is 1. The molecule has 0 unspecified atom stereocenters. The van der Waals surface area contributed by atoms with E-state index in [-0.39, 0.29) is 11.7 Å². The number of halogens is 1. The molecule has 0 aliphatic rings. The number of amides is 1. The van der Waals surface area contributed by atoms with Gasteiger partial charge in [0.15, 0.2) is 11.0 Å². The third-order valence-electron chi connectivity index (χ3n) is 5.21. The lowest BCUT2D eigenvalue weighted by molar-refractivity contribution is 0.0937. The van der Waals surface area contributed by atoms with E-state index in [1.165, 1.54) is 17.8 Å². The normalized spacial score (nSPS) is 10.9. The number of hydrogen-bond acceptors (Lipinski definition) is 5. The number of ether oxygens (including phenoxy) is 1. The van der Waals surface area contributed by atoms with Gasteiger partial charge in [0.25, 0.3) is 5.91 Å². The van der Waals surface area contributed by atoms with Gasteiger partial charge < -0.3 is 10.1 Å². The van der Waals surface area contributed by atoms with Crippen molar-refractivity contribution >= 4 is 17.7 Å². The average Bonchev–Trinajstić information content (AvgIpc) is 3.27. The molecule has 4 rings (SSSR count). The van der Waals surface area contributed by atoms with Crippen LogP contribution in [0.25, 0.3) is 17.1 Å². The summed E-state index contributed by atoms with van der Waals surface area (Å²) in [5, 5.41) is 12.1. The monoisotopic (exact) mass is 476 g/mol. The highest BCUT2D eigenvalue weighted by Gasteiger charge is 2.18. The number of nitrogens with one attached hydrogen (secondary N) is 1. The first kappa shape index (κ1) is 23.7. The van der Waals surface area contributed by atoms with E-state index in [4.69, 9.17) is 4.74 Å². The van der Waals surface area contributed by atoms with Crippen LogP contribution in [-0.4, -0.2) is 40.9 Å². The van der Waals surface area contributed by atoms with Crippen molar-refractivity contribution in [2.45, 2.75) is 17.8 Å². The average molecular weight is 477 g/mol. The minimum atomic E-state index is -0.346.